The Morgan fingerprint density at radius 3 is 2.54 bits per heavy atom. The average Bonchev–Trinajstić information content (AvgIpc) is 3.17. The first-order valence-corrected chi connectivity index (χ1v) is 9.38. The molecular formula is C19H27N3O2. The standard InChI is InChI=1S/C19H27N3O2/c20-18-4-2-1-3-14(18)11-15-9-13-10-19(15)21(12-13)16-5-7-17(8-6-16)22(23)24/h5-8,13-15,18-19H,1-4,9-12,20H2/t13?,14-,15+,18+,19?/m0/s1. The van der Waals surface area contributed by atoms with Crippen LogP contribution in [0.5, 0.6) is 0 Å². The molecule has 2 bridgehead atoms. The lowest BCUT2D eigenvalue weighted by atomic mass is 9.77. The van der Waals surface area contributed by atoms with Crippen LogP contribution in [-0.4, -0.2) is 23.6 Å². The van der Waals surface area contributed by atoms with E-state index < -0.39 is 0 Å². The molecule has 3 aliphatic rings. The summed E-state index contributed by atoms with van der Waals surface area (Å²) in [6, 6.07) is 8.10. The summed E-state index contributed by atoms with van der Waals surface area (Å²) in [5, 5.41) is 10.8. The molecule has 1 aromatic carbocycles. The number of fused-ring (bicyclic) bond motifs is 2. The molecule has 0 spiro atoms. The van der Waals surface area contributed by atoms with Crippen molar-refractivity contribution in [3.05, 3.63) is 34.4 Å². The maximum absolute atomic E-state index is 10.8. The lowest BCUT2D eigenvalue weighted by Crippen LogP contribution is -2.41. The molecule has 5 heteroatoms. The van der Waals surface area contributed by atoms with Gasteiger partial charge in [-0.1, -0.05) is 12.8 Å². The largest absolute Gasteiger partial charge is 0.368 e. The molecule has 1 aliphatic heterocycles. The van der Waals surface area contributed by atoms with Crippen molar-refractivity contribution in [2.24, 2.45) is 23.5 Å². The van der Waals surface area contributed by atoms with Gasteiger partial charge in [0.05, 0.1) is 4.92 Å². The highest BCUT2D eigenvalue weighted by atomic mass is 16.6. The molecule has 4 rings (SSSR count). The van der Waals surface area contributed by atoms with E-state index in [0.29, 0.717) is 18.0 Å². The Hall–Kier alpha value is -1.62. The third-order valence-corrected chi connectivity index (χ3v) is 6.58. The minimum Gasteiger partial charge on any atom is -0.368 e. The first kappa shape index (κ1) is 15.9. The molecule has 0 aromatic heterocycles. The monoisotopic (exact) mass is 329 g/mol. The Balaban J connectivity index is 1.45. The van der Waals surface area contributed by atoms with Crippen molar-refractivity contribution in [2.75, 3.05) is 11.4 Å². The summed E-state index contributed by atoms with van der Waals surface area (Å²) in [4.78, 5) is 13.0. The van der Waals surface area contributed by atoms with Gasteiger partial charge < -0.3 is 10.6 Å². The molecule has 1 saturated heterocycles. The highest BCUT2D eigenvalue weighted by Crippen LogP contribution is 2.47. The Morgan fingerprint density at radius 1 is 1.12 bits per heavy atom. The number of non-ortho nitro benzene ring substituents is 1. The number of hydrogen-bond acceptors (Lipinski definition) is 4. The van der Waals surface area contributed by atoms with Crippen LogP contribution in [0, 0.1) is 27.9 Å². The second-order valence-electron chi connectivity index (χ2n) is 8.03. The lowest BCUT2D eigenvalue weighted by Gasteiger charge is -2.38. The molecule has 1 heterocycles. The van der Waals surface area contributed by atoms with Crippen molar-refractivity contribution in [1.82, 2.24) is 0 Å². The molecule has 130 valence electrons. The fraction of sp³-hybridized carbons (Fsp3) is 0.684. The number of nitro groups is 1. The maximum atomic E-state index is 10.8. The van der Waals surface area contributed by atoms with Gasteiger partial charge in [-0.25, -0.2) is 0 Å². The summed E-state index contributed by atoms with van der Waals surface area (Å²) in [7, 11) is 0. The van der Waals surface area contributed by atoms with Gasteiger partial charge >= 0.3 is 0 Å². The van der Waals surface area contributed by atoms with E-state index in [4.69, 9.17) is 5.73 Å². The van der Waals surface area contributed by atoms with Gasteiger partial charge in [0, 0.05) is 36.4 Å². The summed E-state index contributed by atoms with van der Waals surface area (Å²) in [6.07, 6.45) is 9.02. The van der Waals surface area contributed by atoms with Crippen molar-refractivity contribution >= 4 is 11.4 Å². The number of anilines is 1. The molecule has 0 amide bonds. The van der Waals surface area contributed by atoms with Gasteiger partial charge in [0.15, 0.2) is 0 Å². The van der Waals surface area contributed by atoms with Crippen molar-refractivity contribution in [3.63, 3.8) is 0 Å². The molecule has 0 radical (unpaired) electrons. The number of benzene rings is 1. The Kier molecular flexibility index (Phi) is 4.21. The molecular weight excluding hydrogens is 302 g/mol. The van der Waals surface area contributed by atoms with Crippen LogP contribution in [0.1, 0.15) is 44.9 Å². The zero-order valence-electron chi connectivity index (χ0n) is 14.1. The quantitative estimate of drug-likeness (QED) is 0.675. The van der Waals surface area contributed by atoms with Gasteiger partial charge in [-0.2, -0.15) is 0 Å². The van der Waals surface area contributed by atoms with Gasteiger partial charge in [0.2, 0.25) is 0 Å². The second kappa shape index (κ2) is 6.36. The van der Waals surface area contributed by atoms with Gasteiger partial charge in [-0.3, -0.25) is 10.1 Å². The highest BCUT2D eigenvalue weighted by molar-refractivity contribution is 5.53. The molecule has 2 saturated carbocycles. The minimum absolute atomic E-state index is 0.174. The summed E-state index contributed by atoms with van der Waals surface area (Å²) >= 11 is 0. The normalized spacial score (nSPS) is 35.4. The lowest BCUT2D eigenvalue weighted by molar-refractivity contribution is -0.384. The van der Waals surface area contributed by atoms with Gasteiger partial charge in [0.25, 0.3) is 5.69 Å². The van der Waals surface area contributed by atoms with E-state index in [9.17, 15) is 10.1 Å². The summed E-state index contributed by atoms with van der Waals surface area (Å²) in [5.74, 6) is 2.23. The zero-order chi connectivity index (χ0) is 16.7. The van der Waals surface area contributed by atoms with E-state index in [-0.39, 0.29) is 10.6 Å². The molecule has 5 atom stereocenters. The number of nitrogens with zero attached hydrogens (tertiary/aromatic N) is 2. The third kappa shape index (κ3) is 2.90. The van der Waals surface area contributed by atoms with Crippen LogP contribution in [0.3, 0.4) is 0 Å². The summed E-state index contributed by atoms with van der Waals surface area (Å²) in [5.41, 5.74) is 7.69. The van der Waals surface area contributed by atoms with E-state index in [1.807, 2.05) is 12.1 Å². The van der Waals surface area contributed by atoms with Crippen molar-refractivity contribution in [2.45, 2.75) is 57.0 Å². The van der Waals surface area contributed by atoms with Crippen LogP contribution in [0.15, 0.2) is 24.3 Å². The smallest absolute Gasteiger partial charge is 0.269 e. The number of hydrogen-bond donors (Lipinski definition) is 1. The molecule has 2 N–H and O–H groups in total. The van der Waals surface area contributed by atoms with Crippen LogP contribution >= 0.6 is 0 Å². The van der Waals surface area contributed by atoms with Crippen molar-refractivity contribution in [3.8, 4) is 0 Å². The van der Waals surface area contributed by atoms with E-state index >= 15 is 0 Å². The molecule has 3 fully saturated rings. The number of piperidine rings is 1. The van der Waals surface area contributed by atoms with Crippen LogP contribution < -0.4 is 10.6 Å². The molecule has 5 nitrogen and oxygen atoms in total. The summed E-state index contributed by atoms with van der Waals surface area (Å²) < 4.78 is 0. The second-order valence-corrected chi connectivity index (χ2v) is 8.03. The third-order valence-electron chi connectivity index (χ3n) is 6.58. The zero-order valence-corrected chi connectivity index (χ0v) is 14.1. The van der Waals surface area contributed by atoms with E-state index in [2.05, 4.69) is 4.90 Å². The van der Waals surface area contributed by atoms with Crippen LogP contribution in [-0.2, 0) is 0 Å². The predicted octanol–water partition coefficient (Wildman–Crippen LogP) is 3.72. The Bertz CT molecular complexity index is 603. The first-order valence-electron chi connectivity index (χ1n) is 9.38. The summed E-state index contributed by atoms with van der Waals surface area (Å²) in [6.45, 7) is 1.11. The van der Waals surface area contributed by atoms with Crippen molar-refractivity contribution < 1.29 is 4.92 Å². The average molecular weight is 329 g/mol. The molecule has 2 unspecified atom stereocenters. The first-order chi connectivity index (χ1) is 11.6. The fourth-order valence-electron chi connectivity index (χ4n) is 5.39. The number of rotatable bonds is 4. The van der Waals surface area contributed by atoms with Gasteiger partial charge in [-0.05, 0) is 62.0 Å². The molecule has 24 heavy (non-hydrogen) atoms. The van der Waals surface area contributed by atoms with Gasteiger partial charge in [0.1, 0.15) is 0 Å². The van der Waals surface area contributed by atoms with Gasteiger partial charge in [-0.15, -0.1) is 0 Å². The molecule has 2 aliphatic carbocycles. The fourth-order valence-corrected chi connectivity index (χ4v) is 5.39. The van der Waals surface area contributed by atoms with Crippen molar-refractivity contribution in [1.29, 1.82) is 0 Å². The SMILES string of the molecule is N[C@@H]1CCCC[C@H]1C[C@H]1CC2CC1N(c1ccc([N+](=O)[O-])cc1)C2. The Labute approximate surface area is 143 Å². The number of nitro benzene ring substituents is 1. The van der Waals surface area contributed by atoms with E-state index in [0.717, 1.165) is 24.1 Å². The van der Waals surface area contributed by atoms with E-state index in [1.165, 1.54) is 44.9 Å². The Morgan fingerprint density at radius 2 is 1.88 bits per heavy atom. The van der Waals surface area contributed by atoms with E-state index in [1.54, 1.807) is 12.1 Å². The van der Waals surface area contributed by atoms with Crippen LogP contribution in [0.2, 0.25) is 0 Å². The highest BCUT2D eigenvalue weighted by Gasteiger charge is 2.45. The van der Waals surface area contributed by atoms with Crippen LogP contribution in [0.25, 0.3) is 0 Å². The maximum Gasteiger partial charge on any atom is 0.269 e. The number of nitrogens with two attached hydrogens (primary N) is 1. The van der Waals surface area contributed by atoms with Crippen LogP contribution in [0.4, 0.5) is 11.4 Å². The minimum atomic E-state index is -0.326. The molecule has 1 aromatic rings. The predicted molar refractivity (Wildman–Crippen MR) is 95.0 cm³/mol. The topological polar surface area (TPSA) is 72.4 Å².